The fraction of sp³-hybridized carbons (Fsp3) is 0.333. The van der Waals surface area contributed by atoms with Gasteiger partial charge in [-0.05, 0) is 11.6 Å². The zero-order valence-electron chi connectivity index (χ0n) is 11.9. The number of halogens is 3. The number of hydrogen-bond donors (Lipinski definition) is 2. The molecule has 118 valence electrons. The van der Waals surface area contributed by atoms with Gasteiger partial charge in [-0.2, -0.15) is 13.2 Å². The van der Waals surface area contributed by atoms with E-state index >= 15 is 0 Å². The molecule has 0 unspecified atom stereocenters. The molecule has 1 heterocycles. The van der Waals surface area contributed by atoms with Crippen LogP contribution in [-0.2, 0) is 6.18 Å². The zero-order valence-corrected chi connectivity index (χ0v) is 11.9. The maximum Gasteiger partial charge on any atom is 0.433 e. The number of anilines is 1. The Labute approximate surface area is 126 Å². The minimum absolute atomic E-state index is 0.121. The summed E-state index contributed by atoms with van der Waals surface area (Å²) in [6.45, 7) is 1.62. The Morgan fingerprint density at radius 1 is 1.18 bits per heavy atom. The second kappa shape index (κ2) is 6.74. The Bertz CT molecular complexity index is 604. The lowest BCUT2D eigenvalue weighted by atomic mass is 9.94. The topological polar surface area (TPSA) is 58.0 Å². The third-order valence-corrected chi connectivity index (χ3v) is 3.39. The number of hydrogen-bond acceptors (Lipinski definition) is 4. The molecule has 0 aliphatic rings. The molecular formula is C15H16F3N3O. The van der Waals surface area contributed by atoms with Crippen molar-refractivity contribution < 1.29 is 18.3 Å². The van der Waals surface area contributed by atoms with Gasteiger partial charge in [0, 0.05) is 12.1 Å². The number of aliphatic hydroxyl groups is 1. The maximum atomic E-state index is 12.6. The van der Waals surface area contributed by atoms with Gasteiger partial charge in [-0.1, -0.05) is 37.3 Å². The molecule has 0 aliphatic carbocycles. The molecule has 4 nitrogen and oxygen atoms in total. The number of nitrogens with zero attached hydrogens (tertiary/aromatic N) is 2. The fourth-order valence-electron chi connectivity index (χ4n) is 2.07. The summed E-state index contributed by atoms with van der Waals surface area (Å²) in [5.41, 5.74) is -0.0601. The standard InChI is InChI=1S/C15H16F3N3O/c1-10(11-5-3-2-4-6-11)12(9-22)20-14-19-8-7-13(21-14)15(16,17)18/h2-8,10,12,22H,9H2,1H3,(H,19,20,21)/t10-,12+/m1/s1. The minimum Gasteiger partial charge on any atom is -0.394 e. The molecule has 1 aromatic heterocycles. The number of nitrogens with one attached hydrogen (secondary N) is 1. The highest BCUT2D eigenvalue weighted by Gasteiger charge is 2.33. The van der Waals surface area contributed by atoms with Crippen molar-refractivity contribution in [1.82, 2.24) is 9.97 Å². The normalized spacial score (nSPS) is 14.4. The van der Waals surface area contributed by atoms with Crippen LogP contribution in [0.25, 0.3) is 0 Å². The van der Waals surface area contributed by atoms with Crippen molar-refractivity contribution in [3.05, 3.63) is 53.9 Å². The van der Waals surface area contributed by atoms with Gasteiger partial charge >= 0.3 is 6.18 Å². The lowest BCUT2D eigenvalue weighted by molar-refractivity contribution is -0.141. The summed E-state index contributed by atoms with van der Waals surface area (Å²) in [6, 6.07) is 9.69. The lowest BCUT2D eigenvalue weighted by Gasteiger charge is -2.23. The number of aromatic nitrogens is 2. The van der Waals surface area contributed by atoms with Crippen molar-refractivity contribution in [2.45, 2.75) is 25.1 Å². The van der Waals surface area contributed by atoms with Crippen molar-refractivity contribution >= 4 is 5.95 Å². The monoisotopic (exact) mass is 311 g/mol. The van der Waals surface area contributed by atoms with E-state index in [2.05, 4.69) is 15.3 Å². The van der Waals surface area contributed by atoms with Crippen LogP contribution in [0, 0.1) is 0 Å². The summed E-state index contributed by atoms with van der Waals surface area (Å²) in [5, 5.41) is 12.3. The number of alkyl halides is 3. The van der Waals surface area contributed by atoms with E-state index < -0.39 is 17.9 Å². The van der Waals surface area contributed by atoms with Crippen LogP contribution in [0.2, 0.25) is 0 Å². The van der Waals surface area contributed by atoms with E-state index in [1.807, 2.05) is 37.3 Å². The van der Waals surface area contributed by atoms with Crippen LogP contribution in [-0.4, -0.2) is 27.7 Å². The molecule has 0 radical (unpaired) electrons. The molecule has 0 aliphatic heterocycles. The lowest BCUT2D eigenvalue weighted by Crippen LogP contribution is -2.31. The molecule has 0 amide bonds. The Balaban J connectivity index is 2.17. The summed E-state index contributed by atoms with van der Waals surface area (Å²) < 4.78 is 37.9. The molecule has 1 aromatic carbocycles. The summed E-state index contributed by atoms with van der Waals surface area (Å²) >= 11 is 0. The van der Waals surface area contributed by atoms with Crippen LogP contribution in [0.5, 0.6) is 0 Å². The molecular weight excluding hydrogens is 295 g/mol. The Morgan fingerprint density at radius 3 is 2.45 bits per heavy atom. The van der Waals surface area contributed by atoms with Crippen molar-refractivity contribution in [3.63, 3.8) is 0 Å². The van der Waals surface area contributed by atoms with E-state index in [-0.39, 0.29) is 18.5 Å². The molecule has 22 heavy (non-hydrogen) atoms. The van der Waals surface area contributed by atoms with Gasteiger partial charge in [0.25, 0.3) is 0 Å². The quantitative estimate of drug-likeness (QED) is 0.891. The van der Waals surface area contributed by atoms with Crippen LogP contribution in [0.15, 0.2) is 42.6 Å². The molecule has 0 saturated carbocycles. The summed E-state index contributed by atoms with van der Waals surface area (Å²) in [5.74, 6) is -0.277. The molecule has 7 heteroatoms. The highest BCUT2D eigenvalue weighted by atomic mass is 19.4. The summed E-state index contributed by atoms with van der Waals surface area (Å²) in [7, 11) is 0. The predicted octanol–water partition coefficient (Wildman–Crippen LogP) is 3.07. The van der Waals surface area contributed by atoms with E-state index in [1.54, 1.807) is 0 Å². The van der Waals surface area contributed by atoms with Crippen LogP contribution in [0.3, 0.4) is 0 Å². The van der Waals surface area contributed by atoms with E-state index in [9.17, 15) is 18.3 Å². The second-order valence-electron chi connectivity index (χ2n) is 4.90. The number of aliphatic hydroxyl groups excluding tert-OH is 1. The van der Waals surface area contributed by atoms with E-state index in [0.29, 0.717) is 0 Å². The smallest absolute Gasteiger partial charge is 0.394 e. The molecule has 2 rings (SSSR count). The van der Waals surface area contributed by atoms with Gasteiger partial charge in [-0.3, -0.25) is 0 Å². The largest absolute Gasteiger partial charge is 0.433 e. The molecule has 2 N–H and O–H groups in total. The Hall–Kier alpha value is -2.15. The first-order chi connectivity index (χ1) is 10.4. The van der Waals surface area contributed by atoms with Gasteiger partial charge in [-0.15, -0.1) is 0 Å². The van der Waals surface area contributed by atoms with Gasteiger partial charge < -0.3 is 10.4 Å². The molecule has 0 bridgehead atoms. The summed E-state index contributed by atoms with van der Waals surface area (Å²) in [4.78, 5) is 7.23. The fourth-order valence-corrected chi connectivity index (χ4v) is 2.07. The SMILES string of the molecule is C[C@H](c1ccccc1)[C@H](CO)Nc1nccc(C(F)(F)F)n1. The Kier molecular flexibility index (Phi) is 4.97. The van der Waals surface area contributed by atoms with Crippen molar-refractivity contribution in [1.29, 1.82) is 0 Å². The average Bonchev–Trinajstić information content (AvgIpc) is 2.52. The highest BCUT2D eigenvalue weighted by Crippen LogP contribution is 2.28. The number of benzene rings is 1. The molecule has 2 aromatic rings. The zero-order chi connectivity index (χ0) is 16.2. The van der Waals surface area contributed by atoms with E-state index in [1.165, 1.54) is 0 Å². The van der Waals surface area contributed by atoms with Crippen molar-refractivity contribution in [2.24, 2.45) is 0 Å². The predicted molar refractivity (Wildman–Crippen MR) is 76.4 cm³/mol. The van der Waals surface area contributed by atoms with Gasteiger partial charge in [-0.25, -0.2) is 9.97 Å². The first-order valence-corrected chi connectivity index (χ1v) is 6.74. The minimum atomic E-state index is -4.53. The van der Waals surface area contributed by atoms with Crippen molar-refractivity contribution in [2.75, 3.05) is 11.9 Å². The summed E-state index contributed by atoms with van der Waals surface area (Å²) in [6.07, 6.45) is -3.49. The molecule has 2 atom stereocenters. The molecule has 0 fully saturated rings. The van der Waals surface area contributed by atoms with Crippen LogP contribution >= 0.6 is 0 Å². The third-order valence-electron chi connectivity index (χ3n) is 3.39. The maximum absolute atomic E-state index is 12.6. The van der Waals surface area contributed by atoms with Crippen LogP contribution < -0.4 is 5.32 Å². The van der Waals surface area contributed by atoms with Gasteiger partial charge in [0.2, 0.25) is 5.95 Å². The van der Waals surface area contributed by atoms with Crippen LogP contribution in [0.1, 0.15) is 24.1 Å². The average molecular weight is 311 g/mol. The Morgan fingerprint density at radius 2 is 1.86 bits per heavy atom. The van der Waals surface area contributed by atoms with Crippen molar-refractivity contribution in [3.8, 4) is 0 Å². The van der Waals surface area contributed by atoms with Gasteiger partial charge in [0.05, 0.1) is 12.6 Å². The number of rotatable bonds is 5. The van der Waals surface area contributed by atoms with Gasteiger partial charge in [0.1, 0.15) is 5.69 Å². The molecule has 0 spiro atoms. The third kappa shape index (κ3) is 3.94. The first-order valence-electron chi connectivity index (χ1n) is 6.74. The second-order valence-corrected chi connectivity index (χ2v) is 4.90. The van der Waals surface area contributed by atoms with E-state index in [4.69, 9.17) is 0 Å². The first kappa shape index (κ1) is 16.2. The van der Waals surface area contributed by atoms with Gasteiger partial charge in [0.15, 0.2) is 0 Å². The molecule has 0 saturated heterocycles. The highest BCUT2D eigenvalue weighted by molar-refractivity contribution is 5.31. The van der Waals surface area contributed by atoms with E-state index in [0.717, 1.165) is 17.8 Å². The van der Waals surface area contributed by atoms with Crippen LogP contribution in [0.4, 0.5) is 19.1 Å².